The zero-order chi connectivity index (χ0) is 14.9. The molecule has 6 nitrogen and oxygen atoms in total. The van der Waals surface area contributed by atoms with Crippen molar-refractivity contribution in [3.63, 3.8) is 0 Å². The number of nitrogens with zero attached hydrogens (tertiary/aromatic N) is 4. The van der Waals surface area contributed by atoms with E-state index in [1.165, 1.54) is 0 Å². The third kappa shape index (κ3) is 2.89. The Bertz CT molecular complexity index is 632. The highest BCUT2D eigenvalue weighted by atomic mass is 16.2. The molecule has 2 aromatic rings. The SMILES string of the molecule is Cc1nn(C)c2ncc(NC(C)CC(=O)N(C)C)cc12. The number of hydrogen-bond donors (Lipinski definition) is 1. The Labute approximate surface area is 118 Å². The molecule has 0 saturated carbocycles. The molecule has 0 aliphatic carbocycles. The summed E-state index contributed by atoms with van der Waals surface area (Å²) >= 11 is 0. The number of carbonyl (C=O) groups is 1. The molecular weight excluding hydrogens is 254 g/mol. The fourth-order valence-electron chi connectivity index (χ4n) is 2.17. The predicted molar refractivity (Wildman–Crippen MR) is 79.6 cm³/mol. The molecule has 2 rings (SSSR count). The molecule has 108 valence electrons. The van der Waals surface area contributed by atoms with E-state index in [1.54, 1.807) is 29.9 Å². The lowest BCUT2D eigenvalue weighted by Crippen LogP contribution is -2.28. The number of anilines is 1. The highest BCUT2D eigenvalue weighted by Crippen LogP contribution is 2.20. The fraction of sp³-hybridized carbons (Fsp3) is 0.500. The van der Waals surface area contributed by atoms with E-state index in [0.717, 1.165) is 22.4 Å². The summed E-state index contributed by atoms with van der Waals surface area (Å²) in [5, 5.41) is 8.69. The van der Waals surface area contributed by atoms with Crippen molar-refractivity contribution in [1.82, 2.24) is 19.7 Å². The van der Waals surface area contributed by atoms with E-state index in [-0.39, 0.29) is 11.9 Å². The lowest BCUT2D eigenvalue weighted by molar-refractivity contribution is -0.128. The Morgan fingerprint density at radius 1 is 1.50 bits per heavy atom. The van der Waals surface area contributed by atoms with Gasteiger partial charge in [0.05, 0.1) is 17.6 Å². The van der Waals surface area contributed by atoms with Gasteiger partial charge in [0.15, 0.2) is 5.65 Å². The third-order valence-electron chi connectivity index (χ3n) is 3.26. The molecule has 1 amide bonds. The Kier molecular flexibility index (Phi) is 3.92. The average molecular weight is 275 g/mol. The number of pyridine rings is 1. The highest BCUT2D eigenvalue weighted by Gasteiger charge is 2.12. The number of rotatable bonds is 4. The second-order valence-corrected chi connectivity index (χ2v) is 5.34. The van der Waals surface area contributed by atoms with Gasteiger partial charge in [-0.2, -0.15) is 5.10 Å². The van der Waals surface area contributed by atoms with Crippen molar-refractivity contribution in [3.8, 4) is 0 Å². The van der Waals surface area contributed by atoms with Crippen molar-refractivity contribution in [2.45, 2.75) is 26.3 Å². The minimum atomic E-state index is 0.0566. The van der Waals surface area contributed by atoms with Crippen molar-refractivity contribution in [2.75, 3.05) is 19.4 Å². The Morgan fingerprint density at radius 3 is 2.85 bits per heavy atom. The Balaban J connectivity index is 2.14. The van der Waals surface area contributed by atoms with E-state index in [1.807, 2.05) is 27.0 Å². The first-order chi connectivity index (χ1) is 9.38. The van der Waals surface area contributed by atoms with Gasteiger partial charge in [0.1, 0.15) is 0 Å². The van der Waals surface area contributed by atoms with Gasteiger partial charge in [-0.15, -0.1) is 0 Å². The van der Waals surface area contributed by atoms with Gasteiger partial charge in [0, 0.05) is 39.0 Å². The molecular formula is C14H21N5O. The molecule has 2 aromatic heterocycles. The molecule has 0 radical (unpaired) electrons. The third-order valence-corrected chi connectivity index (χ3v) is 3.26. The monoisotopic (exact) mass is 275 g/mol. The van der Waals surface area contributed by atoms with Gasteiger partial charge in [-0.1, -0.05) is 0 Å². The first-order valence-corrected chi connectivity index (χ1v) is 6.64. The van der Waals surface area contributed by atoms with Crippen LogP contribution in [0.5, 0.6) is 0 Å². The summed E-state index contributed by atoms with van der Waals surface area (Å²) in [6.07, 6.45) is 2.23. The highest BCUT2D eigenvalue weighted by molar-refractivity contribution is 5.81. The van der Waals surface area contributed by atoms with E-state index in [2.05, 4.69) is 15.4 Å². The second-order valence-electron chi connectivity index (χ2n) is 5.34. The number of aryl methyl sites for hydroxylation is 2. The van der Waals surface area contributed by atoms with Crippen LogP contribution >= 0.6 is 0 Å². The summed E-state index contributed by atoms with van der Waals surface area (Å²) in [4.78, 5) is 17.7. The smallest absolute Gasteiger partial charge is 0.224 e. The topological polar surface area (TPSA) is 63.1 Å². The second kappa shape index (κ2) is 5.48. The zero-order valence-electron chi connectivity index (χ0n) is 12.6. The molecule has 0 spiro atoms. The molecule has 0 fully saturated rings. The number of hydrogen-bond acceptors (Lipinski definition) is 4. The summed E-state index contributed by atoms with van der Waals surface area (Å²) < 4.78 is 1.77. The van der Waals surface area contributed by atoms with Crippen LogP contribution in [-0.2, 0) is 11.8 Å². The van der Waals surface area contributed by atoms with Crippen LogP contribution in [0.1, 0.15) is 19.0 Å². The zero-order valence-corrected chi connectivity index (χ0v) is 12.6. The van der Waals surface area contributed by atoms with Gasteiger partial charge >= 0.3 is 0 Å². The van der Waals surface area contributed by atoms with Gasteiger partial charge in [-0.3, -0.25) is 9.48 Å². The van der Waals surface area contributed by atoms with Crippen molar-refractivity contribution in [2.24, 2.45) is 7.05 Å². The summed E-state index contributed by atoms with van der Waals surface area (Å²) in [7, 11) is 5.41. The quantitative estimate of drug-likeness (QED) is 0.919. The van der Waals surface area contributed by atoms with Gasteiger partial charge in [-0.25, -0.2) is 4.98 Å². The average Bonchev–Trinajstić information content (AvgIpc) is 2.64. The maximum atomic E-state index is 11.7. The van der Waals surface area contributed by atoms with Crippen LogP contribution in [0.3, 0.4) is 0 Å². The van der Waals surface area contributed by atoms with Crippen LogP contribution < -0.4 is 5.32 Å². The lowest BCUT2D eigenvalue weighted by Gasteiger charge is -2.17. The normalized spacial score (nSPS) is 12.4. The van der Waals surface area contributed by atoms with E-state index in [9.17, 15) is 4.79 Å². The standard InChI is InChI=1S/C14H21N5O/c1-9(6-13(20)18(3)4)16-11-7-12-10(2)17-19(5)14(12)15-8-11/h7-9,16H,6H2,1-5H3. The molecule has 2 heterocycles. The van der Waals surface area contributed by atoms with Gasteiger partial charge in [0.2, 0.25) is 5.91 Å². The van der Waals surface area contributed by atoms with Crippen LogP contribution in [0.2, 0.25) is 0 Å². The van der Waals surface area contributed by atoms with Crippen molar-refractivity contribution >= 4 is 22.6 Å². The predicted octanol–water partition coefficient (Wildman–Crippen LogP) is 1.56. The molecule has 0 aliphatic heterocycles. The summed E-state index contributed by atoms with van der Waals surface area (Å²) in [6.45, 7) is 3.95. The molecule has 1 N–H and O–H groups in total. The molecule has 0 aliphatic rings. The first kappa shape index (κ1) is 14.3. The Hall–Kier alpha value is -2.11. The number of amides is 1. The molecule has 1 unspecified atom stereocenters. The maximum absolute atomic E-state index is 11.7. The van der Waals surface area contributed by atoms with E-state index < -0.39 is 0 Å². The number of carbonyl (C=O) groups excluding carboxylic acids is 1. The number of fused-ring (bicyclic) bond motifs is 1. The van der Waals surface area contributed by atoms with E-state index in [0.29, 0.717) is 6.42 Å². The molecule has 0 bridgehead atoms. The summed E-state index contributed by atoms with van der Waals surface area (Å²) in [5.41, 5.74) is 2.73. The van der Waals surface area contributed by atoms with Gasteiger partial charge in [-0.05, 0) is 19.9 Å². The van der Waals surface area contributed by atoms with Crippen molar-refractivity contribution in [1.29, 1.82) is 0 Å². The van der Waals surface area contributed by atoms with Crippen molar-refractivity contribution in [3.05, 3.63) is 18.0 Å². The molecule has 20 heavy (non-hydrogen) atoms. The largest absolute Gasteiger partial charge is 0.381 e. The number of nitrogens with one attached hydrogen (secondary N) is 1. The van der Waals surface area contributed by atoms with E-state index in [4.69, 9.17) is 0 Å². The van der Waals surface area contributed by atoms with Crippen LogP contribution in [0.4, 0.5) is 5.69 Å². The van der Waals surface area contributed by atoms with E-state index >= 15 is 0 Å². The minimum Gasteiger partial charge on any atom is -0.381 e. The lowest BCUT2D eigenvalue weighted by atomic mass is 10.2. The van der Waals surface area contributed by atoms with Crippen LogP contribution in [0.25, 0.3) is 11.0 Å². The molecule has 0 aromatic carbocycles. The van der Waals surface area contributed by atoms with Gasteiger partial charge < -0.3 is 10.2 Å². The molecule has 0 saturated heterocycles. The number of aromatic nitrogens is 3. The Morgan fingerprint density at radius 2 is 2.20 bits per heavy atom. The first-order valence-electron chi connectivity index (χ1n) is 6.64. The van der Waals surface area contributed by atoms with Crippen molar-refractivity contribution < 1.29 is 4.79 Å². The maximum Gasteiger partial charge on any atom is 0.224 e. The molecule has 6 heteroatoms. The minimum absolute atomic E-state index is 0.0566. The fourth-order valence-corrected chi connectivity index (χ4v) is 2.17. The van der Waals surface area contributed by atoms with Gasteiger partial charge in [0.25, 0.3) is 0 Å². The molecule has 1 atom stereocenters. The van der Waals surface area contributed by atoms with Crippen LogP contribution in [-0.4, -0.2) is 45.7 Å². The van der Waals surface area contributed by atoms with Crippen LogP contribution in [0, 0.1) is 6.92 Å². The summed E-state index contributed by atoms with van der Waals surface area (Å²) in [6, 6.07) is 2.09. The summed E-state index contributed by atoms with van der Waals surface area (Å²) in [5.74, 6) is 0.108. The van der Waals surface area contributed by atoms with Crippen LogP contribution in [0.15, 0.2) is 12.3 Å².